The van der Waals surface area contributed by atoms with Gasteiger partial charge in [-0.15, -0.1) is 6.58 Å². The Balaban J connectivity index is 2.04. The minimum atomic E-state index is -0.415. The van der Waals surface area contributed by atoms with E-state index in [4.69, 9.17) is 4.84 Å². The molecule has 116 valence electrons. The van der Waals surface area contributed by atoms with Crippen LogP contribution in [-0.4, -0.2) is 12.5 Å². The van der Waals surface area contributed by atoms with Crippen molar-refractivity contribution >= 4 is 5.91 Å². The standard InChI is InChI=1S/C19H23NO2/c1-2-16-22-20-18(21)19(13-7-4-8-14-19)15-9-12-17-10-5-3-6-11-17/h2-3,5-6,10-11H,1,4,7-8,13-16H2,(H,20,21). The summed E-state index contributed by atoms with van der Waals surface area (Å²) in [6.45, 7) is 3.89. The van der Waals surface area contributed by atoms with E-state index in [9.17, 15) is 4.79 Å². The SMILES string of the molecule is C=CCONC(=O)C1(CC#Cc2ccccc2)CCCCC1. The van der Waals surface area contributed by atoms with Crippen molar-refractivity contribution in [3.8, 4) is 11.8 Å². The summed E-state index contributed by atoms with van der Waals surface area (Å²) in [4.78, 5) is 17.6. The molecule has 0 heterocycles. The molecule has 1 aliphatic rings. The van der Waals surface area contributed by atoms with Crippen LogP contribution in [0.2, 0.25) is 0 Å². The third-order valence-electron chi connectivity index (χ3n) is 4.09. The molecule has 0 bridgehead atoms. The minimum Gasteiger partial charge on any atom is -0.272 e. The van der Waals surface area contributed by atoms with Crippen LogP contribution in [-0.2, 0) is 9.63 Å². The van der Waals surface area contributed by atoms with Gasteiger partial charge in [0.15, 0.2) is 0 Å². The number of benzene rings is 1. The molecule has 0 atom stereocenters. The van der Waals surface area contributed by atoms with Crippen LogP contribution in [0.4, 0.5) is 0 Å². The van der Waals surface area contributed by atoms with E-state index in [1.165, 1.54) is 6.42 Å². The van der Waals surface area contributed by atoms with Crippen molar-refractivity contribution in [2.75, 3.05) is 6.61 Å². The molecule has 0 saturated heterocycles. The topological polar surface area (TPSA) is 38.3 Å². The zero-order chi connectivity index (χ0) is 15.7. The minimum absolute atomic E-state index is 0.0450. The molecule has 2 rings (SSSR count). The van der Waals surface area contributed by atoms with E-state index in [1.807, 2.05) is 30.3 Å². The highest BCUT2D eigenvalue weighted by molar-refractivity contribution is 5.82. The molecule has 1 amide bonds. The molecule has 0 unspecified atom stereocenters. The van der Waals surface area contributed by atoms with E-state index < -0.39 is 5.41 Å². The molecule has 1 N–H and O–H groups in total. The summed E-state index contributed by atoms with van der Waals surface area (Å²) < 4.78 is 0. The maximum Gasteiger partial charge on any atom is 0.250 e. The highest BCUT2D eigenvalue weighted by atomic mass is 16.6. The summed E-state index contributed by atoms with van der Waals surface area (Å²) in [7, 11) is 0. The highest BCUT2D eigenvalue weighted by Crippen LogP contribution is 2.39. The smallest absolute Gasteiger partial charge is 0.250 e. The maximum atomic E-state index is 12.5. The van der Waals surface area contributed by atoms with E-state index in [-0.39, 0.29) is 5.91 Å². The second-order valence-corrected chi connectivity index (χ2v) is 5.72. The zero-order valence-electron chi connectivity index (χ0n) is 12.9. The van der Waals surface area contributed by atoms with Gasteiger partial charge in [0.2, 0.25) is 0 Å². The van der Waals surface area contributed by atoms with Crippen LogP contribution in [0, 0.1) is 17.3 Å². The first-order valence-electron chi connectivity index (χ1n) is 7.84. The van der Waals surface area contributed by atoms with Crippen LogP contribution in [0.15, 0.2) is 43.0 Å². The van der Waals surface area contributed by atoms with Crippen LogP contribution in [0.25, 0.3) is 0 Å². The van der Waals surface area contributed by atoms with Crippen LogP contribution in [0.1, 0.15) is 44.1 Å². The third kappa shape index (κ3) is 4.47. The first-order chi connectivity index (χ1) is 10.8. The molecule has 0 aromatic heterocycles. The Morgan fingerprint density at radius 2 is 2.00 bits per heavy atom. The van der Waals surface area contributed by atoms with E-state index >= 15 is 0 Å². The summed E-state index contributed by atoms with van der Waals surface area (Å²) in [5.41, 5.74) is 3.13. The summed E-state index contributed by atoms with van der Waals surface area (Å²) >= 11 is 0. The Morgan fingerprint density at radius 1 is 1.27 bits per heavy atom. The molecule has 3 heteroatoms. The fourth-order valence-corrected chi connectivity index (χ4v) is 2.82. The van der Waals surface area contributed by atoms with Gasteiger partial charge in [0, 0.05) is 12.0 Å². The quantitative estimate of drug-likeness (QED) is 0.390. The molecule has 22 heavy (non-hydrogen) atoms. The van der Waals surface area contributed by atoms with Crippen LogP contribution < -0.4 is 5.48 Å². The molecule has 1 aromatic carbocycles. The van der Waals surface area contributed by atoms with Crippen LogP contribution >= 0.6 is 0 Å². The zero-order valence-corrected chi connectivity index (χ0v) is 12.9. The Morgan fingerprint density at radius 3 is 2.68 bits per heavy atom. The van der Waals surface area contributed by atoms with Crippen molar-refractivity contribution < 1.29 is 9.63 Å². The molecule has 3 nitrogen and oxygen atoms in total. The van der Waals surface area contributed by atoms with Crippen LogP contribution in [0.3, 0.4) is 0 Å². The van der Waals surface area contributed by atoms with Gasteiger partial charge in [0.05, 0.1) is 12.0 Å². The van der Waals surface area contributed by atoms with Gasteiger partial charge in [-0.3, -0.25) is 9.63 Å². The number of hydrogen-bond acceptors (Lipinski definition) is 2. The molecule has 0 radical (unpaired) electrons. The van der Waals surface area contributed by atoms with Crippen molar-refractivity contribution in [3.63, 3.8) is 0 Å². The van der Waals surface area contributed by atoms with Gasteiger partial charge in [-0.2, -0.15) is 0 Å². The number of carbonyl (C=O) groups excluding carboxylic acids is 1. The average Bonchev–Trinajstić information content (AvgIpc) is 2.57. The van der Waals surface area contributed by atoms with Gasteiger partial charge >= 0.3 is 0 Å². The molecular formula is C19H23NO2. The largest absolute Gasteiger partial charge is 0.272 e. The van der Waals surface area contributed by atoms with E-state index in [1.54, 1.807) is 6.08 Å². The van der Waals surface area contributed by atoms with Gasteiger partial charge in [0.25, 0.3) is 5.91 Å². The van der Waals surface area contributed by atoms with Gasteiger partial charge in [0.1, 0.15) is 0 Å². The van der Waals surface area contributed by atoms with Gasteiger partial charge < -0.3 is 0 Å². The second-order valence-electron chi connectivity index (χ2n) is 5.72. The lowest BCUT2D eigenvalue weighted by atomic mass is 9.71. The lowest BCUT2D eigenvalue weighted by molar-refractivity contribution is -0.145. The lowest BCUT2D eigenvalue weighted by Gasteiger charge is -2.33. The van der Waals surface area contributed by atoms with Gasteiger partial charge in [-0.1, -0.05) is 55.4 Å². The summed E-state index contributed by atoms with van der Waals surface area (Å²) in [5.74, 6) is 6.30. The normalized spacial score (nSPS) is 16.2. The van der Waals surface area contributed by atoms with Crippen molar-refractivity contribution in [2.45, 2.75) is 38.5 Å². The fraction of sp³-hybridized carbons (Fsp3) is 0.421. The van der Waals surface area contributed by atoms with Crippen molar-refractivity contribution in [2.24, 2.45) is 5.41 Å². The molecular weight excluding hydrogens is 274 g/mol. The van der Waals surface area contributed by atoms with Gasteiger partial charge in [-0.05, 0) is 25.0 Å². The number of hydrogen-bond donors (Lipinski definition) is 1. The highest BCUT2D eigenvalue weighted by Gasteiger charge is 2.39. The number of carbonyl (C=O) groups is 1. The predicted molar refractivity (Wildman–Crippen MR) is 87.7 cm³/mol. The van der Waals surface area contributed by atoms with Crippen molar-refractivity contribution in [1.82, 2.24) is 5.48 Å². The second kappa shape index (κ2) is 8.41. The number of rotatable bonds is 5. The monoisotopic (exact) mass is 297 g/mol. The fourth-order valence-electron chi connectivity index (χ4n) is 2.82. The number of amides is 1. The Bertz CT molecular complexity index is 548. The summed E-state index contributed by atoms with van der Waals surface area (Å²) in [6.07, 6.45) is 7.27. The molecule has 0 aliphatic heterocycles. The number of nitrogens with one attached hydrogen (secondary N) is 1. The Hall–Kier alpha value is -2.05. The van der Waals surface area contributed by atoms with Crippen molar-refractivity contribution in [1.29, 1.82) is 0 Å². The van der Waals surface area contributed by atoms with Gasteiger partial charge in [-0.25, -0.2) is 5.48 Å². The first-order valence-corrected chi connectivity index (χ1v) is 7.84. The number of hydroxylamine groups is 1. The van der Waals surface area contributed by atoms with E-state index in [0.29, 0.717) is 13.0 Å². The Kier molecular flexibility index (Phi) is 6.24. The van der Waals surface area contributed by atoms with E-state index in [0.717, 1.165) is 31.2 Å². The maximum absolute atomic E-state index is 12.5. The molecule has 1 aromatic rings. The van der Waals surface area contributed by atoms with Crippen LogP contribution in [0.5, 0.6) is 0 Å². The predicted octanol–water partition coefficient (Wildman–Crippen LogP) is 3.61. The molecule has 1 fully saturated rings. The van der Waals surface area contributed by atoms with E-state index in [2.05, 4.69) is 23.9 Å². The van der Waals surface area contributed by atoms with Crippen molar-refractivity contribution in [3.05, 3.63) is 48.6 Å². The average molecular weight is 297 g/mol. The molecule has 1 saturated carbocycles. The lowest BCUT2D eigenvalue weighted by Crippen LogP contribution is -2.42. The summed E-state index contributed by atoms with van der Waals surface area (Å²) in [6, 6.07) is 9.87. The molecule has 1 aliphatic carbocycles. The molecule has 0 spiro atoms. The summed E-state index contributed by atoms with van der Waals surface area (Å²) in [5, 5.41) is 0. The third-order valence-corrected chi connectivity index (χ3v) is 4.09. The first kappa shape index (κ1) is 16.3. The Labute approximate surface area is 132 Å².